The molecule has 0 unspecified atom stereocenters. The monoisotopic (exact) mass is 380 g/mol. The molecule has 0 aromatic heterocycles. The molecule has 1 fully saturated rings. The summed E-state index contributed by atoms with van der Waals surface area (Å²) in [6.45, 7) is 4.56. The third kappa shape index (κ3) is 4.55. The first-order valence-electron chi connectivity index (χ1n) is 8.76. The van der Waals surface area contributed by atoms with Crippen LogP contribution < -0.4 is 5.32 Å². The van der Waals surface area contributed by atoms with E-state index in [1.54, 1.807) is 18.7 Å². The van der Waals surface area contributed by atoms with Crippen LogP contribution in [0.4, 0.5) is 5.69 Å². The number of rotatable bonds is 4. The van der Waals surface area contributed by atoms with Gasteiger partial charge >= 0.3 is 5.97 Å². The van der Waals surface area contributed by atoms with E-state index < -0.39 is 17.3 Å². The molecule has 26 heavy (non-hydrogen) atoms. The SMILES string of the molecule is COC(=O)c1ccc(Cl)c(NC(=O)C(C)(C)C(=O)N2CCCCCC2)c1. The smallest absolute Gasteiger partial charge is 0.337 e. The number of nitrogens with one attached hydrogen (secondary N) is 1. The van der Waals surface area contributed by atoms with E-state index >= 15 is 0 Å². The van der Waals surface area contributed by atoms with Gasteiger partial charge in [-0.05, 0) is 44.9 Å². The van der Waals surface area contributed by atoms with Crippen molar-refractivity contribution in [2.45, 2.75) is 39.5 Å². The van der Waals surface area contributed by atoms with Crippen LogP contribution in [-0.2, 0) is 14.3 Å². The van der Waals surface area contributed by atoms with E-state index in [4.69, 9.17) is 11.6 Å². The molecular formula is C19H25ClN2O4. The van der Waals surface area contributed by atoms with E-state index in [0.29, 0.717) is 13.1 Å². The summed E-state index contributed by atoms with van der Waals surface area (Å²) in [6.07, 6.45) is 4.12. The molecule has 0 radical (unpaired) electrons. The number of carbonyl (C=O) groups excluding carboxylic acids is 3. The number of ether oxygens (including phenoxy) is 1. The highest BCUT2D eigenvalue weighted by atomic mass is 35.5. The van der Waals surface area contributed by atoms with Gasteiger partial charge in [-0.1, -0.05) is 24.4 Å². The Morgan fingerprint density at radius 1 is 1.12 bits per heavy atom. The zero-order valence-corrected chi connectivity index (χ0v) is 16.2. The molecule has 0 spiro atoms. The van der Waals surface area contributed by atoms with Crippen molar-refractivity contribution < 1.29 is 19.1 Å². The summed E-state index contributed by atoms with van der Waals surface area (Å²) in [5.74, 6) is -1.19. The minimum Gasteiger partial charge on any atom is -0.465 e. The topological polar surface area (TPSA) is 75.7 Å². The number of halogens is 1. The zero-order chi connectivity index (χ0) is 19.3. The predicted octanol–water partition coefficient (Wildman–Crippen LogP) is 3.49. The van der Waals surface area contributed by atoms with Crippen molar-refractivity contribution in [1.29, 1.82) is 0 Å². The molecule has 1 heterocycles. The van der Waals surface area contributed by atoms with Gasteiger partial charge in [-0.15, -0.1) is 0 Å². The first-order chi connectivity index (χ1) is 12.3. The maximum absolute atomic E-state index is 12.9. The standard InChI is InChI=1S/C19H25ClN2O4/c1-19(2,18(25)22-10-6-4-5-7-11-22)17(24)21-15-12-13(16(23)26-3)8-9-14(15)20/h8-9,12H,4-7,10-11H2,1-3H3,(H,21,24). The van der Waals surface area contributed by atoms with Crippen LogP contribution in [0.5, 0.6) is 0 Å². The Morgan fingerprint density at radius 2 is 1.73 bits per heavy atom. The van der Waals surface area contributed by atoms with E-state index in [1.807, 2.05) is 0 Å². The summed E-state index contributed by atoms with van der Waals surface area (Å²) < 4.78 is 4.68. The Labute approximate surface area is 158 Å². The molecule has 0 aliphatic carbocycles. The summed E-state index contributed by atoms with van der Waals surface area (Å²) in [5, 5.41) is 2.96. The van der Waals surface area contributed by atoms with Crippen molar-refractivity contribution in [2.75, 3.05) is 25.5 Å². The molecule has 1 saturated heterocycles. The van der Waals surface area contributed by atoms with Crippen LogP contribution in [0.15, 0.2) is 18.2 Å². The Kier molecular flexibility index (Phi) is 6.64. The Morgan fingerprint density at radius 3 is 2.31 bits per heavy atom. The molecule has 1 N–H and O–H groups in total. The molecule has 1 aromatic carbocycles. The Hall–Kier alpha value is -2.08. The normalized spacial score (nSPS) is 15.2. The number of hydrogen-bond acceptors (Lipinski definition) is 4. The Bertz CT molecular complexity index is 695. The lowest BCUT2D eigenvalue weighted by molar-refractivity contribution is -0.146. The van der Waals surface area contributed by atoms with Gasteiger partial charge in [-0.3, -0.25) is 9.59 Å². The molecule has 0 atom stereocenters. The maximum atomic E-state index is 12.9. The third-order valence-electron chi connectivity index (χ3n) is 4.63. The van der Waals surface area contributed by atoms with Crippen LogP contribution >= 0.6 is 11.6 Å². The van der Waals surface area contributed by atoms with Crippen molar-refractivity contribution in [3.8, 4) is 0 Å². The number of hydrogen-bond donors (Lipinski definition) is 1. The van der Waals surface area contributed by atoms with Crippen LogP contribution in [-0.4, -0.2) is 42.9 Å². The van der Waals surface area contributed by atoms with E-state index in [-0.39, 0.29) is 22.2 Å². The fourth-order valence-electron chi connectivity index (χ4n) is 2.91. The van der Waals surface area contributed by atoms with Gasteiger partial charge in [-0.2, -0.15) is 0 Å². The molecule has 1 aliphatic rings. The van der Waals surface area contributed by atoms with Gasteiger partial charge in [0.25, 0.3) is 0 Å². The molecular weight excluding hydrogens is 356 g/mol. The van der Waals surface area contributed by atoms with Crippen LogP contribution in [0.25, 0.3) is 0 Å². The average Bonchev–Trinajstić information content (AvgIpc) is 2.91. The van der Waals surface area contributed by atoms with Gasteiger partial charge in [0.15, 0.2) is 0 Å². The number of methoxy groups -OCH3 is 1. The molecule has 6 nitrogen and oxygen atoms in total. The number of carbonyl (C=O) groups is 3. The first-order valence-corrected chi connectivity index (χ1v) is 9.14. The molecule has 1 aliphatic heterocycles. The summed E-state index contributed by atoms with van der Waals surface area (Å²) in [7, 11) is 1.28. The largest absolute Gasteiger partial charge is 0.465 e. The number of amides is 2. The maximum Gasteiger partial charge on any atom is 0.337 e. The van der Waals surface area contributed by atoms with Gasteiger partial charge in [0.05, 0.1) is 23.4 Å². The van der Waals surface area contributed by atoms with Crippen molar-refractivity contribution in [1.82, 2.24) is 4.90 Å². The highest BCUT2D eigenvalue weighted by Gasteiger charge is 2.39. The van der Waals surface area contributed by atoms with Gasteiger partial charge in [-0.25, -0.2) is 4.79 Å². The second-order valence-corrected chi connectivity index (χ2v) is 7.38. The quantitative estimate of drug-likeness (QED) is 0.640. The van der Waals surface area contributed by atoms with Gasteiger partial charge in [0, 0.05) is 13.1 Å². The van der Waals surface area contributed by atoms with E-state index in [1.165, 1.54) is 25.3 Å². The van der Waals surface area contributed by atoms with E-state index in [0.717, 1.165) is 25.7 Å². The molecule has 0 saturated carbocycles. The van der Waals surface area contributed by atoms with Crippen molar-refractivity contribution >= 4 is 35.1 Å². The van der Waals surface area contributed by atoms with E-state index in [9.17, 15) is 14.4 Å². The molecule has 7 heteroatoms. The lowest BCUT2D eigenvalue weighted by Crippen LogP contribution is -2.47. The van der Waals surface area contributed by atoms with E-state index in [2.05, 4.69) is 10.1 Å². The lowest BCUT2D eigenvalue weighted by atomic mass is 9.90. The summed E-state index contributed by atoms with van der Waals surface area (Å²) in [6, 6.07) is 4.46. The molecule has 142 valence electrons. The number of anilines is 1. The molecule has 1 aromatic rings. The second-order valence-electron chi connectivity index (χ2n) is 6.97. The van der Waals surface area contributed by atoms with Gasteiger partial charge in [0.2, 0.25) is 11.8 Å². The molecule has 2 amide bonds. The van der Waals surface area contributed by atoms with Gasteiger partial charge in [0.1, 0.15) is 5.41 Å². The highest BCUT2D eigenvalue weighted by Crippen LogP contribution is 2.28. The lowest BCUT2D eigenvalue weighted by Gasteiger charge is -2.30. The van der Waals surface area contributed by atoms with Crippen LogP contribution in [0, 0.1) is 5.41 Å². The average molecular weight is 381 g/mol. The Balaban J connectivity index is 2.17. The van der Waals surface area contributed by atoms with Gasteiger partial charge < -0.3 is 15.0 Å². The predicted molar refractivity (Wildman–Crippen MR) is 100 cm³/mol. The number of likely N-dealkylation sites (tertiary alicyclic amines) is 1. The fourth-order valence-corrected chi connectivity index (χ4v) is 3.08. The fraction of sp³-hybridized carbons (Fsp3) is 0.526. The minimum absolute atomic E-state index is 0.197. The minimum atomic E-state index is -1.24. The first kappa shape index (κ1) is 20.2. The summed E-state index contributed by atoms with van der Waals surface area (Å²) in [4.78, 5) is 39.1. The molecule has 0 bridgehead atoms. The van der Waals surface area contributed by atoms with Crippen molar-refractivity contribution in [3.63, 3.8) is 0 Å². The number of esters is 1. The third-order valence-corrected chi connectivity index (χ3v) is 4.96. The summed E-state index contributed by atoms with van der Waals surface area (Å²) >= 11 is 6.13. The van der Waals surface area contributed by atoms with Crippen molar-refractivity contribution in [2.24, 2.45) is 5.41 Å². The van der Waals surface area contributed by atoms with Crippen LogP contribution in [0.3, 0.4) is 0 Å². The van der Waals surface area contributed by atoms with Crippen molar-refractivity contribution in [3.05, 3.63) is 28.8 Å². The number of benzene rings is 1. The second kappa shape index (κ2) is 8.54. The van der Waals surface area contributed by atoms with Crippen LogP contribution in [0.1, 0.15) is 49.9 Å². The zero-order valence-electron chi connectivity index (χ0n) is 15.4. The summed E-state index contributed by atoms with van der Waals surface area (Å²) in [5.41, 5.74) is -0.699. The van der Waals surface area contributed by atoms with Crippen LogP contribution in [0.2, 0.25) is 5.02 Å². The number of nitrogens with zero attached hydrogens (tertiary/aromatic N) is 1. The highest BCUT2D eigenvalue weighted by molar-refractivity contribution is 6.34. The molecule has 2 rings (SSSR count).